The van der Waals surface area contributed by atoms with Crippen LogP contribution >= 0.6 is 0 Å². The van der Waals surface area contributed by atoms with Gasteiger partial charge in [0.05, 0.1) is 0 Å². The van der Waals surface area contributed by atoms with E-state index < -0.39 is 32.5 Å². The maximum absolute atomic E-state index is 13.4. The first-order valence-corrected chi connectivity index (χ1v) is 6.45. The van der Waals surface area contributed by atoms with Gasteiger partial charge in [-0.25, -0.2) is 13.2 Å². The molecule has 2 aromatic carbocycles. The SMILES string of the molecule is O=S(=O)(Oc1ccccc1)c1cc(F)c(F)cc1F. The van der Waals surface area contributed by atoms with Crippen LogP contribution in [0, 0.1) is 17.5 Å². The molecule has 7 heteroatoms. The Kier molecular flexibility index (Phi) is 3.48. The summed E-state index contributed by atoms with van der Waals surface area (Å²) in [5.74, 6) is -4.44. The van der Waals surface area contributed by atoms with Gasteiger partial charge in [0.15, 0.2) is 11.6 Å². The van der Waals surface area contributed by atoms with E-state index in [1.807, 2.05) is 0 Å². The molecule has 0 atom stereocenters. The first-order chi connectivity index (χ1) is 8.90. The zero-order valence-electron chi connectivity index (χ0n) is 9.31. The normalized spacial score (nSPS) is 11.3. The highest BCUT2D eigenvalue weighted by molar-refractivity contribution is 7.87. The lowest BCUT2D eigenvalue weighted by Crippen LogP contribution is -2.12. The highest BCUT2D eigenvalue weighted by Gasteiger charge is 2.24. The molecule has 19 heavy (non-hydrogen) atoms. The van der Waals surface area contributed by atoms with Crippen LogP contribution in [0.4, 0.5) is 13.2 Å². The van der Waals surface area contributed by atoms with Crippen molar-refractivity contribution in [1.82, 2.24) is 0 Å². The highest BCUT2D eigenvalue weighted by atomic mass is 32.2. The van der Waals surface area contributed by atoms with Gasteiger partial charge >= 0.3 is 10.1 Å². The average molecular weight is 288 g/mol. The van der Waals surface area contributed by atoms with Gasteiger partial charge in [0.25, 0.3) is 0 Å². The summed E-state index contributed by atoms with van der Waals surface area (Å²) >= 11 is 0. The highest BCUT2D eigenvalue weighted by Crippen LogP contribution is 2.22. The predicted octanol–water partition coefficient (Wildman–Crippen LogP) is 2.87. The second kappa shape index (κ2) is 4.93. The van der Waals surface area contributed by atoms with Gasteiger partial charge in [-0.05, 0) is 12.1 Å². The molecule has 0 unspecified atom stereocenters. The zero-order chi connectivity index (χ0) is 14.0. The Hall–Kier alpha value is -2.02. The number of benzene rings is 2. The molecule has 0 N–H and O–H groups in total. The zero-order valence-corrected chi connectivity index (χ0v) is 10.1. The second-order valence-corrected chi connectivity index (χ2v) is 5.06. The molecule has 0 fully saturated rings. The Labute approximate surface area is 107 Å². The molecular weight excluding hydrogens is 281 g/mol. The van der Waals surface area contributed by atoms with Crippen LogP contribution in [0.25, 0.3) is 0 Å². The number of hydrogen-bond acceptors (Lipinski definition) is 3. The summed E-state index contributed by atoms with van der Waals surface area (Å²) in [4.78, 5) is -1.06. The van der Waals surface area contributed by atoms with E-state index in [-0.39, 0.29) is 17.9 Å². The van der Waals surface area contributed by atoms with Crippen LogP contribution in [0.3, 0.4) is 0 Å². The Morgan fingerprint density at radius 3 is 2.05 bits per heavy atom. The third-order valence-corrected chi connectivity index (χ3v) is 3.46. The summed E-state index contributed by atoms with van der Waals surface area (Å²) in [6, 6.07) is 7.68. The largest absolute Gasteiger partial charge is 0.379 e. The fraction of sp³-hybridized carbons (Fsp3) is 0. The van der Waals surface area contributed by atoms with Crippen molar-refractivity contribution in [2.24, 2.45) is 0 Å². The van der Waals surface area contributed by atoms with Gasteiger partial charge in [-0.3, -0.25) is 0 Å². The van der Waals surface area contributed by atoms with E-state index in [2.05, 4.69) is 4.18 Å². The molecule has 0 spiro atoms. The standard InChI is InChI=1S/C12H7F3O3S/c13-9-6-11(15)12(7-10(9)14)19(16,17)18-8-4-2-1-3-5-8/h1-7H. The van der Waals surface area contributed by atoms with Crippen molar-refractivity contribution in [2.75, 3.05) is 0 Å². The van der Waals surface area contributed by atoms with Gasteiger partial charge < -0.3 is 4.18 Å². The van der Waals surface area contributed by atoms with Gasteiger partial charge in [-0.1, -0.05) is 18.2 Å². The van der Waals surface area contributed by atoms with Crippen LogP contribution in [0.15, 0.2) is 47.4 Å². The van der Waals surface area contributed by atoms with E-state index >= 15 is 0 Å². The summed E-state index contributed by atoms with van der Waals surface area (Å²) < 4.78 is 67.1. The van der Waals surface area contributed by atoms with Crippen LogP contribution < -0.4 is 4.18 Å². The van der Waals surface area contributed by atoms with E-state index in [4.69, 9.17) is 0 Å². The molecule has 0 aliphatic carbocycles. The van der Waals surface area contributed by atoms with E-state index in [1.165, 1.54) is 24.3 Å². The molecule has 2 aromatic rings. The fourth-order valence-corrected chi connectivity index (χ4v) is 2.34. The van der Waals surface area contributed by atoms with Crippen molar-refractivity contribution in [2.45, 2.75) is 4.90 Å². The van der Waals surface area contributed by atoms with Crippen molar-refractivity contribution < 1.29 is 25.8 Å². The van der Waals surface area contributed by atoms with Crippen molar-refractivity contribution in [3.05, 3.63) is 59.9 Å². The smallest absolute Gasteiger partial charge is 0.342 e. The number of hydrogen-bond donors (Lipinski definition) is 0. The van der Waals surface area contributed by atoms with E-state index in [9.17, 15) is 21.6 Å². The number of halogens is 3. The molecule has 0 aliphatic rings. The minimum atomic E-state index is -4.56. The third kappa shape index (κ3) is 2.87. The van der Waals surface area contributed by atoms with Crippen LogP contribution in [-0.2, 0) is 10.1 Å². The monoisotopic (exact) mass is 288 g/mol. The molecule has 0 bridgehead atoms. The Morgan fingerprint density at radius 1 is 0.842 bits per heavy atom. The van der Waals surface area contributed by atoms with Crippen LogP contribution in [-0.4, -0.2) is 8.42 Å². The Morgan fingerprint density at radius 2 is 1.42 bits per heavy atom. The van der Waals surface area contributed by atoms with E-state index in [0.29, 0.717) is 0 Å². The molecule has 3 nitrogen and oxygen atoms in total. The van der Waals surface area contributed by atoms with Gasteiger partial charge in [0.2, 0.25) is 0 Å². The van der Waals surface area contributed by atoms with Crippen molar-refractivity contribution in [1.29, 1.82) is 0 Å². The molecule has 0 radical (unpaired) electrons. The average Bonchev–Trinajstić information content (AvgIpc) is 2.34. The quantitative estimate of drug-likeness (QED) is 0.644. The number of rotatable bonds is 3. The third-order valence-electron chi connectivity index (χ3n) is 2.19. The first kappa shape index (κ1) is 13.4. The van der Waals surface area contributed by atoms with Crippen LogP contribution in [0.5, 0.6) is 5.75 Å². The number of para-hydroxylation sites is 1. The summed E-state index contributed by atoms with van der Waals surface area (Å²) in [5, 5.41) is 0. The molecular formula is C12H7F3O3S. The van der Waals surface area contributed by atoms with E-state index in [1.54, 1.807) is 6.07 Å². The van der Waals surface area contributed by atoms with Crippen molar-refractivity contribution >= 4 is 10.1 Å². The molecule has 0 aromatic heterocycles. The molecule has 0 saturated heterocycles. The summed E-state index contributed by atoms with van der Waals surface area (Å²) in [6.45, 7) is 0. The first-order valence-electron chi connectivity index (χ1n) is 5.04. The minimum Gasteiger partial charge on any atom is -0.379 e. The van der Waals surface area contributed by atoms with Crippen molar-refractivity contribution in [3.8, 4) is 5.75 Å². The Balaban J connectivity index is 2.43. The van der Waals surface area contributed by atoms with Gasteiger partial charge in [-0.2, -0.15) is 8.42 Å². The van der Waals surface area contributed by atoms with Crippen LogP contribution in [0.2, 0.25) is 0 Å². The topological polar surface area (TPSA) is 43.4 Å². The maximum Gasteiger partial charge on any atom is 0.342 e. The fourth-order valence-electron chi connectivity index (χ4n) is 1.34. The summed E-state index contributed by atoms with van der Waals surface area (Å²) in [6.07, 6.45) is 0. The molecule has 0 saturated carbocycles. The van der Waals surface area contributed by atoms with Crippen LogP contribution in [0.1, 0.15) is 0 Å². The summed E-state index contributed by atoms with van der Waals surface area (Å²) in [7, 11) is -4.56. The van der Waals surface area contributed by atoms with Gasteiger partial charge in [-0.15, -0.1) is 0 Å². The lowest BCUT2D eigenvalue weighted by Gasteiger charge is -2.08. The molecule has 2 rings (SSSR count). The molecule has 100 valence electrons. The maximum atomic E-state index is 13.4. The van der Waals surface area contributed by atoms with Gasteiger partial charge in [0.1, 0.15) is 16.5 Å². The Bertz CT molecular complexity index is 700. The van der Waals surface area contributed by atoms with Crippen molar-refractivity contribution in [3.63, 3.8) is 0 Å². The molecule has 0 amide bonds. The minimum absolute atomic E-state index is 0.0633. The van der Waals surface area contributed by atoms with E-state index in [0.717, 1.165) is 0 Å². The predicted molar refractivity (Wildman–Crippen MR) is 60.6 cm³/mol. The summed E-state index contributed by atoms with van der Waals surface area (Å²) in [5.41, 5.74) is 0. The molecule has 0 heterocycles. The van der Waals surface area contributed by atoms with Gasteiger partial charge in [0, 0.05) is 12.1 Å². The second-order valence-electron chi connectivity index (χ2n) is 3.55. The lowest BCUT2D eigenvalue weighted by molar-refractivity contribution is 0.460. The molecule has 0 aliphatic heterocycles. The lowest BCUT2D eigenvalue weighted by atomic mass is 10.3.